The fourth-order valence-corrected chi connectivity index (χ4v) is 2.79. The van der Waals surface area contributed by atoms with E-state index in [0.29, 0.717) is 18.2 Å². The van der Waals surface area contributed by atoms with Gasteiger partial charge in [-0.3, -0.25) is 4.90 Å². The van der Waals surface area contributed by atoms with Gasteiger partial charge < -0.3 is 10.5 Å². The highest BCUT2D eigenvalue weighted by molar-refractivity contribution is 6.30. The first-order valence-corrected chi connectivity index (χ1v) is 6.37. The fourth-order valence-electron chi connectivity index (χ4n) is 2.62. The predicted molar refractivity (Wildman–Crippen MR) is 70.5 cm³/mol. The van der Waals surface area contributed by atoms with Crippen LogP contribution < -0.4 is 10.5 Å². The summed E-state index contributed by atoms with van der Waals surface area (Å²) in [4.78, 5) is 2.21. The number of hydrogen-bond acceptors (Lipinski definition) is 3. The Morgan fingerprint density at radius 2 is 2.28 bits per heavy atom. The second-order valence-electron chi connectivity index (χ2n) is 4.80. The molecule has 1 fully saturated rings. The monoisotopic (exact) mass is 272 g/mol. The van der Waals surface area contributed by atoms with Crippen molar-refractivity contribution in [2.75, 3.05) is 27.2 Å². The molecule has 0 radical (unpaired) electrons. The maximum Gasteiger partial charge on any atom is 0.145 e. The van der Waals surface area contributed by atoms with E-state index in [9.17, 15) is 4.39 Å². The molecule has 1 saturated heterocycles. The first-order chi connectivity index (χ1) is 8.56. The van der Waals surface area contributed by atoms with E-state index in [0.717, 1.165) is 18.5 Å². The van der Waals surface area contributed by atoms with Gasteiger partial charge in [0.2, 0.25) is 0 Å². The van der Waals surface area contributed by atoms with Crippen LogP contribution in [0, 0.1) is 11.7 Å². The summed E-state index contributed by atoms with van der Waals surface area (Å²) in [5.74, 6) is 0.563. The van der Waals surface area contributed by atoms with Crippen LogP contribution in [0.5, 0.6) is 5.75 Å². The first kappa shape index (κ1) is 13.6. The minimum atomic E-state index is -0.451. The molecule has 5 heteroatoms. The molecule has 0 amide bonds. The van der Waals surface area contributed by atoms with Crippen molar-refractivity contribution in [1.29, 1.82) is 0 Å². The van der Waals surface area contributed by atoms with E-state index < -0.39 is 5.82 Å². The van der Waals surface area contributed by atoms with Crippen molar-refractivity contribution >= 4 is 11.6 Å². The molecule has 1 aliphatic heterocycles. The van der Waals surface area contributed by atoms with Crippen LogP contribution in [0.25, 0.3) is 0 Å². The average Bonchev–Trinajstić information content (AvgIpc) is 2.73. The molecule has 1 aliphatic rings. The van der Waals surface area contributed by atoms with Gasteiger partial charge in [-0.15, -0.1) is 0 Å². The second kappa shape index (κ2) is 5.43. The quantitative estimate of drug-likeness (QED) is 0.919. The van der Waals surface area contributed by atoms with Crippen LogP contribution in [-0.2, 0) is 0 Å². The van der Waals surface area contributed by atoms with E-state index >= 15 is 0 Å². The molecule has 0 aliphatic carbocycles. The van der Waals surface area contributed by atoms with Crippen molar-refractivity contribution in [3.8, 4) is 5.75 Å². The number of likely N-dealkylation sites (tertiary alicyclic amines) is 1. The maximum atomic E-state index is 13.4. The Hall–Kier alpha value is -0.840. The van der Waals surface area contributed by atoms with Gasteiger partial charge in [-0.2, -0.15) is 0 Å². The van der Waals surface area contributed by atoms with Gasteiger partial charge in [-0.1, -0.05) is 11.6 Å². The molecule has 0 spiro atoms. The zero-order valence-corrected chi connectivity index (χ0v) is 11.4. The largest absolute Gasteiger partial charge is 0.496 e. The summed E-state index contributed by atoms with van der Waals surface area (Å²) in [5, 5.41) is 0.135. The van der Waals surface area contributed by atoms with Crippen LogP contribution in [0.2, 0.25) is 5.02 Å². The molecule has 2 unspecified atom stereocenters. The van der Waals surface area contributed by atoms with Crippen LogP contribution in [0.4, 0.5) is 4.39 Å². The van der Waals surface area contributed by atoms with Crippen LogP contribution >= 0.6 is 11.6 Å². The predicted octanol–water partition coefficient (Wildman–Crippen LogP) is 2.44. The number of ether oxygens (including phenoxy) is 1. The molecule has 1 aromatic carbocycles. The summed E-state index contributed by atoms with van der Waals surface area (Å²) in [6.07, 6.45) is 0.950. The number of hydrogen-bond donors (Lipinski definition) is 1. The number of methoxy groups -OCH3 is 1. The van der Waals surface area contributed by atoms with E-state index in [4.69, 9.17) is 22.1 Å². The van der Waals surface area contributed by atoms with Gasteiger partial charge in [0.1, 0.15) is 11.6 Å². The molecule has 1 aromatic rings. The lowest BCUT2D eigenvalue weighted by Gasteiger charge is -2.22. The van der Waals surface area contributed by atoms with E-state index in [1.807, 2.05) is 7.05 Å². The molecule has 3 nitrogen and oxygen atoms in total. The number of benzene rings is 1. The molecule has 2 rings (SSSR count). The van der Waals surface area contributed by atoms with Crippen molar-refractivity contribution in [2.24, 2.45) is 11.7 Å². The summed E-state index contributed by atoms with van der Waals surface area (Å²) >= 11 is 5.87. The molecule has 1 heterocycles. The lowest BCUT2D eigenvalue weighted by atomic mass is 9.99. The Labute approximate surface area is 112 Å². The van der Waals surface area contributed by atoms with Crippen LogP contribution in [0.3, 0.4) is 0 Å². The summed E-state index contributed by atoms with van der Waals surface area (Å²) in [5.41, 5.74) is 6.65. The molecule has 0 saturated carbocycles. The van der Waals surface area contributed by atoms with Gasteiger partial charge in [0.15, 0.2) is 0 Å². The Balaban J connectivity index is 2.35. The molecule has 0 bridgehead atoms. The highest BCUT2D eigenvalue weighted by Crippen LogP contribution is 2.40. The molecular formula is C13H18ClFN2O. The van der Waals surface area contributed by atoms with Crippen molar-refractivity contribution in [3.63, 3.8) is 0 Å². The summed E-state index contributed by atoms with van der Waals surface area (Å²) < 4.78 is 18.7. The minimum Gasteiger partial charge on any atom is -0.496 e. The third kappa shape index (κ3) is 2.46. The minimum absolute atomic E-state index is 0.135. The maximum absolute atomic E-state index is 13.4. The molecule has 0 aromatic heterocycles. The second-order valence-corrected chi connectivity index (χ2v) is 5.21. The number of halogens is 2. The third-order valence-electron chi connectivity index (χ3n) is 3.60. The van der Waals surface area contributed by atoms with Gasteiger partial charge in [0.25, 0.3) is 0 Å². The summed E-state index contributed by atoms with van der Waals surface area (Å²) in [6, 6.07) is 3.20. The van der Waals surface area contributed by atoms with Crippen molar-refractivity contribution in [3.05, 3.63) is 28.5 Å². The van der Waals surface area contributed by atoms with Crippen LogP contribution in [0.1, 0.15) is 18.0 Å². The fraction of sp³-hybridized carbons (Fsp3) is 0.538. The van der Waals surface area contributed by atoms with Crippen LogP contribution in [0.15, 0.2) is 12.1 Å². The molecular weight excluding hydrogens is 255 g/mol. The van der Waals surface area contributed by atoms with Crippen molar-refractivity contribution < 1.29 is 9.13 Å². The Bertz CT molecular complexity index is 441. The summed E-state index contributed by atoms with van der Waals surface area (Å²) in [7, 11) is 3.58. The SMILES string of the molecule is COc1cc(F)c(Cl)cc1C1CC(CN)CN1C. The van der Waals surface area contributed by atoms with Gasteiger partial charge >= 0.3 is 0 Å². The zero-order chi connectivity index (χ0) is 13.3. The number of nitrogens with two attached hydrogens (primary N) is 1. The smallest absolute Gasteiger partial charge is 0.145 e. The lowest BCUT2D eigenvalue weighted by molar-refractivity contribution is 0.302. The molecule has 2 atom stereocenters. The third-order valence-corrected chi connectivity index (χ3v) is 3.89. The normalized spacial score (nSPS) is 24.5. The number of rotatable bonds is 3. The molecule has 100 valence electrons. The first-order valence-electron chi connectivity index (χ1n) is 6.00. The molecule has 2 N–H and O–H groups in total. The Kier molecular flexibility index (Phi) is 4.10. The Morgan fingerprint density at radius 1 is 1.56 bits per heavy atom. The van der Waals surface area contributed by atoms with Crippen molar-refractivity contribution in [2.45, 2.75) is 12.5 Å². The van der Waals surface area contributed by atoms with Gasteiger partial charge in [0, 0.05) is 24.2 Å². The lowest BCUT2D eigenvalue weighted by Crippen LogP contribution is -2.21. The summed E-state index contributed by atoms with van der Waals surface area (Å²) in [6.45, 7) is 1.61. The van der Waals surface area contributed by atoms with Crippen molar-refractivity contribution in [1.82, 2.24) is 4.90 Å². The van der Waals surface area contributed by atoms with Gasteiger partial charge in [0.05, 0.1) is 12.1 Å². The highest BCUT2D eigenvalue weighted by Gasteiger charge is 2.32. The standard InChI is InChI=1S/C13H18ClFN2O/c1-17-7-8(6-16)3-12(17)9-4-10(14)11(15)5-13(9)18-2/h4-5,8,12H,3,6-7,16H2,1-2H3. The van der Waals surface area contributed by atoms with E-state index in [1.165, 1.54) is 6.07 Å². The van der Waals surface area contributed by atoms with Gasteiger partial charge in [-0.25, -0.2) is 4.39 Å². The number of nitrogens with zero attached hydrogens (tertiary/aromatic N) is 1. The van der Waals surface area contributed by atoms with E-state index in [2.05, 4.69) is 4.90 Å². The van der Waals surface area contributed by atoms with E-state index in [-0.39, 0.29) is 11.1 Å². The average molecular weight is 273 g/mol. The molecule has 18 heavy (non-hydrogen) atoms. The topological polar surface area (TPSA) is 38.5 Å². The highest BCUT2D eigenvalue weighted by atomic mass is 35.5. The zero-order valence-electron chi connectivity index (χ0n) is 10.6. The van der Waals surface area contributed by atoms with E-state index in [1.54, 1.807) is 13.2 Å². The Morgan fingerprint density at radius 3 is 2.83 bits per heavy atom. The van der Waals surface area contributed by atoms with Gasteiger partial charge in [-0.05, 0) is 32.0 Å². The van der Waals surface area contributed by atoms with Crippen LogP contribution in [-0.4, -0.2) is 32.1 Å².